The van der Waals surface area contributed by atoms with Gasteiger partial charge < -0.3 is 5.73 Å². The third-order valence-corrected chi connectivity index (χ3v) is 4.50. The van der Waals surface area contributed by atoms with Gasteiger partial charge in [0, 0.05) is 19.3 Å². The molecule has 4 nitrogen and oxygen atoms in total. The highest BCUT2D eigenvalue weighted by Gasteiger charge is 2.31. The van der Waals surface area contributed by atoms with Crippen LogP contribution in [-0.4, -0.2) is 32.5 Å². The van der Waals surface area contributed by atoms with Crippen molar-refractivity contribution in [2.75, 3.05) is 19.3 Å². The largest absolute Gasteiger partial charge is 0.399 e. The number of benzene rings is 1. The first-order valence-electron chi connectivity index (χ1n) is 5.54. The second kappa shape index (κ2) is 5.57. The molecule has 0 spiro atoms. The van der Waals surface area contributed by atoms with Gasteiger partial charge in [-0.05, 0) is 24.6 Å². The summed E-state index contributed by atoms with van der Waals surface area (Å²) in [5, 5.41) is 0. The van der Waals surface area contributed by atoms with Crippen LogP contribution in [0.4, 0.5) is 23.2 Å². The summed E-state index contributed by atoms with van der Waals surface area (Å²) >= 11 is 0. The zero-order valence-electron chi connectivity index (χ0n) is 10.8. The number of nitrogens with two attached hydrogens (primary N) is 1. The Labute approximate surface area is 114 Å². The molecule has 0 fully saturated rings. The van der Waals surface area contributed by atoms with E-state index in [-0.39, 0.29) is 11.3 Å². The normalized spacial score (nSPS) is 12.9. The standard InChI is InChI=1S/C11H14F4N2O2S/c1-7-5-8(16)6-9(10(7)12)20(18,19)17(2)4-3-11(13,14)15/h5-6H,3-4,16H2,1-2H3. The van der Waals surface area contributed by atoms with Gasteiger partial charge in [-0.15, -0.1) is 0 Å². The van der Waals surface area contributed by atoms with Crippen molar-refractivity contribution in [2.24, 2.45) is 0 Å². The number of hydrogen-bond acceptors (Lipinski definition) is 3. The van der Waals surface area contributed by atoms with Crippen LogP contribution < -0.4 is 5.73 Å². The molecule has 0 aromatic heterocycles. The van der Waals surface area contributed by atoms with Gasteiger partial charge in [0.25, 0.3) is 0 Å². The highest BCUT2D eigenvalue weighted by molar-refractivity contribution is 7.89. The minimum atomic E-state index is -4.49. The van der Waals surface area contributed by atoms with Crippen molar-refractivity contribution in [3.8, 4) is 0 Å². The number of nitrogen functional groups attached to an aromatic ring is 1. The van der Waals surface area contributed by atoms with Crippen LogP contribution >= 0.6 is 0 Å². The molecule has 20 heavy (non-hydrogen) atoms. The molecular formula is C11H14F4N2O2S. The number of halogens is 4. The van der Waals surface area contributed by atoms with Crippen LogP contribution in [0, 0.1) is 12.7 Å². The molecule has 0 aliphatic rings. The van der Waals surface area contributed by atoms with Gasteiger partial charge >= 0.3 is 6.18 Å². The molecular weight excluding hydrogens is 300 g/mol. The highest BCUT2D eigenvalue weighted by atomic mass is 32.2. The molecule has 0 heterocycles. The molecule has 0 aliphatic heterocycles. The number of anilines is 1. The summed E-state index contributed by atoms with van der Waals surface area (Å²) in [6, 6.07) is 2.13. The topological polar surface area (TPSA) is 63.4 Å². The monoisotopic (exact) mass is 314 g/mol. The Balaban J connectivity index is 3.11. The lowest BCUT2D eigenvalue weighted by molar-refractivity contribution is -0.135. The Morgan fingerprint density at radius 3 is 2.35 bits per heavy atom. The third kappa shape index (κ3) is 3.83. The van der Waals surface area contributed by atoms with E-state index in [1.54, 1.807) is 0 Å². The molecule has 0 amide bonds. The lowest BCUT2D eigenvalue weighted by atomic mass is 10.2. The lowest BCUT2D eigenvalue weighted by Gasteiger charge is -2.19. The molecule has 0 bridgehead atoms. The highest BCUT2D eigenvalue weighted by Crippen LogP contribution is 2.26. The first-order chi connectivity index (χ1) is 8.95. The zero-order valence-corrected chi connectivity index (χ0v) is 11.6. The van der Waals surface area contributed by atoms with E-state index >= 15 is 0 Å². The Kier molecular flexibility index (Phi) is 4.65. The van der Waals surface area contributed by atoms with Crippen molar-refractivity contribution in [1.29, 1.82) is 0 Å². The molecule has 114 valence electrons. The Hall–Kier alpha value is -1.35. The van der Waals surface area contributed by atoms with Gasteiger partial charge in [-0.1, -0.05) is 0 Å². The van der Waals surface area contributed by atoms with E-state index in [4.69, 9.17) is 5.73 Å². The SMILES string of the molecule is Cc1cc(N)cc(S(=O)(=O)N(C)CCC(F)(F)F)c1F. The fraction of sp³-hybridized carbons (Fsp3) is 0.455. The smallest absolute Gasteiger partial charge is 0.390 e. The predicted octanol–water partition coefficient (Wildman–Crippen LogP) is 2.29. The number of nitrogens with zero attached hydrogens (tertiary/aromatic N) is 1. The Morgan fingerprint density at radius 2 is 1.85 bits per heavy atom. The van der Waals surface area contributed by atoms with Crippen molar-refractivity contribution in [1.82, 2.24) is 4.31 Å². The van der Waals surface area contributed by atoms with E-state index in [1.165, 1.54) is 13.0 Å². The van der Waals surface area contributed by atoms with Crippen LogP contribution in [0.1, 0.15) is 12.0 Å². The molecule has 0 unspecified atom stereocenters. The van der Waals surface area contributed by atoms with Gasteiger partial charge in [-0.25, -0.2) is 17.1 Å². The van der Waals surface area contributed by atoms with Gasteiger partial charge in [0.1, 0.15) is 10.7 Å². The van der Waals surface area contributed by atoms with Crippen molar-refractivity contribution in [3.63, 3.8) is 0 Å². The van der Waals surface area contributed by atoms with Crippen molar-refractivity contribution in [2.45, 2.75) is 24.4 Å². The molecule has 1 aromatic carbocycles. The third-order valence-electron chi connectivity index (χ3n) is 2.64. The maximum atomic E-state index is 13.8. The van der Waals surface area contributed by atoms with Crippen molar-refractivity contribution < 1.29 is 26.0 Å². The summed E-state index contributed by atoms with van der Waals surface area (Å²) in [6.07, 6.45) is -5.81. The molecule has 1 rings (SSSR count). The van der Waals surface area contributed by atoms with Gasteiger partial charge in [0.05, 0.1) is 6.42 Å². The summed E-state index contributed by atoms with van der Waals surface area (Å²) in [7, 11) is -3.40. The molecule has 9 heteroatoms. The van der Waals surface area contributed by atoms with Crippen LogP contribution in [0.15, 0.2) is 17.0 Å². The fourth-order valence-electron chi connectivity index (χ4n) is 1.52. The van der Waals surface area contributed by atoms with Gasteiger partial charge in [0.2, 0.25) is 10.0 Å². The second-order valence-corrected chi connectivity index (χ2v) is 6.35. The first kappa shape index (κ1) is 16.7. The minimum Gasteiger partial charge on any atom is -0.399 e. The maximum Gasteiger partial charge on any atom is 0.390 e. The summed E-state index contributed by atoms with van der Waals surface area (Å²) < 4.78 is 74.7. The van der Waals surface area contributed by atoms with Crippen molar-refractivity contribution >= 4 is 15.7 Å². The predicted molar refractivity (Wildman–Crippen MR) is 66.0 cm³/mol. The Bertz CT molecular complexity index is 599. The molecule has 0 atom stereocenters. The first-order valence-corrected chi connectivity index (χ1v) is 6.98. The van der Waals surface area contributed by atoms with Crippen LogP contribution in [0.2, 0.25) is 0 Å². The van der Waals surface area contributed by atoms with E-state index in [0.717, 1.165) is 13.1 Å². The summed E-state index contributed by atoms with van der Waals surface area (Å²) in [5.41, 5.74) is 5.47. The molecule has 0 radical (unpaired) electrons. The van der Waals surface area contributed by atoms with E-state index < -0.39 is 39.9 Å². The molecule has 0 saturated heterocycles. The summed E-state index contributed by atoms with van der Waals surface area (Å²) in [6.45, 7) is 0.527. The van der Waals surface area contributed by atoms with Gasteiger partial charge in [0.15, 0.2) is 0 Å². The van der Waals surface area contributed by atoms with Gasteiger partial charge in [-0.3, -0.25) is 0 Å². The summed E-state index contributed by atoms with van der Waals surface area (Å²) in [5.74, 6) is -1.02. The quantitative estimate of drug-likeness (QED) is 0.685. The second-order valence-electron chi connectivity index (χ2n) is 4.34. The average Bonchev–Trinajstić information content (AvgIpc) is 2.29. The Morgan fingerprint density at radius 1 is 1.30 bits per heavy atom. The number of rotatable bonds is 4. The lowest BCUT2D eigenvalue weighted by Crippen LogP contribution is -2.31. The summed E-state index contributed by atoms with van der Waals surface area (Å²) in [4.78, 5) is -0.723. The molecule has 2 N–H and O–H groups in total. The van der Waals surface area contributed by atoms with Crippen LogP contribution in [-0.2, 0) is 10.0 Å². The number of aryl methyl sites for hydroxylation is 1. The van der Waals surface area contributed by atoms with E-state index in [2.05, 4.69) is 0 Å². The van der Waals surface area contributed by atoms with Crippen LogP contribution in [0.3, 0.4) is 0 Å². The fourth-order valence-corrected chi connectivity index (χ4v) is 2.86. The minimum absolute atomic E-state index is 0.00722. The number of sulfonamides is 1. The van der Waals surface area contributed by atoms with E-state index in [0.29, 0.717) is 4.31 Å². The number of alkyl halides is 3. The number of hydrogen-bond donors (Lipinski definition) is 1. The average molecular weight is 314 g/mol. The van der Waals surface area contributed by atoms with E-state index in [9.17, 15) is 26.0 Å². The maximum absolute atomic E-state index is 13.8. The van der Waals surface area contributed by atoms with Gasteiger partial charge in [-0.2, -0.15) is 13.2 Å². The molecule has 1 aromatic rings. The van der Waals surface area contributed by atoms with E-state index in [1.807, 2.05) is 0 Å². The molecule has 0 aliphatic carbocycles. The molecule has 0 saturated carbocycles. The van der Waals surface area contributed by atoms with Crippen LogP contribution in [0.5, 0.6) is 0 Å². The zero-order chi connectivity index (χ0) is 15.7. The van der Waals surface area contributed by atoms with Crippen LogP contribution in [0.25, 0.3) is 0 Å². The van der Waals surface area contributed by atoms with Crippen molar-refractivity contribution in [3.05, 3.63) is 23.5 Å².